The van der Waals surface area contributed by atoms with Crippen molar-refractivity contribution in [2.24, 2.45) is 0 Å². The van der Waals surface area contributed by atoms with Crippen molar-refractivity contribution in [1.29, 1.82) is 0 Å². The molecule has 0 radical (unpaired) electrons. The standard InChI is InChI=1S/C10H17ClSi/c1-10(2,3)12(4,5)9-7-6-8-11/h6,8H,1-5H3/b8-6-. The first-order valence-corrected chi connectivity index (χ1v) is 7.53. The molecule has 68 valence electrons. The van der Waals surface area contributed by atoms with Crippen LogP contribution in [-0.4, -0.2) is 8.07 Å². The number of hydrogen-bond acceptors (Lipinski definition) is 0. The van der Waals surface area contributed by atoms with Crippen LogP contribution in [-0.2, 0) is 0 Å². The summed E-state index contributed by atoms with van der Waals surface area (Å²) in [6.45, 7) is 11.3. The van der Waals surface area contributed by atoms with Crippen molar-refractivity contribution in [3.63, 3.8) is 0 Å². The van der Waals surface area contributed by atoms with Crippen LogP contribution in [0.4, 0.5) is 0 Å². The predicted molar refractivity (Wildman–Crippen MR) is 60.0 cm³/mol. The Labute approximate surface area is 82.0 Å². The van der Waals surface area contributed by atoms with Gasteiger partial charge >= 0.3 is 0 Å². The molecule has 0 nitrogen and oxygen atoms in total. The van der Waals surface area contributed by atoms with Crippen molar-refractivity contribution in [2.75, 3.05) is 0 Å². The minimum Gasteiger partial charge on any atom is -0.126 e. The second-order valence-corrected chi connectivity index (χ2v) is 9.69. The lowest BCUT2D eigenvalue weighted by atomic mass is 10.2. The second kappa shape index (κ2) is 4.16. The van der Waals surface area contributed by atoms with Gasteiger partial charge in [-0.25, -0.2) is 0 Å². The van der Waals surface area contributed by atoms with E-state index in [1.54, 1.807) is 6.08 Å². The van der Waals surface area contributed by atoms with Gasteiger partial charge in [0.15, 0.2) is 0 Å². The van der Waals surface area contributed by atoms with Crippen molar-refractivity contribution in [3.05, 3.63) is 11.6 Å². The molecule has 0 atom stereocenters. The zero-order chi connectivity index (χ0) is 9.83. The van der Waals surface area contributed by atoms with E-state index in [9.17, 15) is 0 Å². The van der Waals surface area contributed by atoms with Crippen LogP contribution in [0, 0.1) is 11.5 Å². The maximum atomic E-state index is 5.38. The van der Waals surface area contributed by atoms with Crippen LogP contribution in [0.15, 0.2) is 11.6 Å². The molecule has 0 aliphatic heterocycles. The molecule has 0 spiro atoms. The van der Waals surface area contributed by atoms with E-state index in [0.29, 0.717) is 5.04 Å². The average Bonchev–Trinajstić information content (AvgIpc) is 1.85. The summed E-state index contributed by atoms with van der Waals surface area (Å²) in [7, 11) is -1.41. The zero-order valence-electron chi connectivity index (χ0n) is 8.53. The third-order valence-electron chi connectivity index (χ3n) is 2.41. The van der Waals surface area contributed by atoms with E-state index in [-0.39, 0.29) is 0 Å². The van der Waals surface area contributed by atoms with Gasteiger partial charge in [-0.3, -0.25) is 0 Å². The Bertz CT molecular complexity index is 222. The number of rotatable bonds is 0. The first-order valence-electron chi connectivity index (χ1n) is 4.09. The van der Waals surface area contributed by atoms with Crippen molar-refractivity contribution in [3.8, 4) is 11.5 Å². The monoisotopic (exact) mass is 200 g/mol. The molecule has 0 saturated carbocycles. The average molecular weight is 201 g/mol. The summed E-state index contributed by atoms with van der Waals surface area (Å²) < 4.78 is 0. The summed E-state index contributed by atoms with van der Waals surface area (Å²) in [4.78, 5) is 0. The topological polar surface area (TPSA) is 0 Å². The van der Waals surface area contributed by atoms with Crippen molar-refractivity contribution >= 4 is 19.7 Å². The van der Waals surface area contributed by atoms with Gasteiger partial charge in [0.2, 0.25) is 0 Å². The third kappa shape index (κ3) is 3.47. The minimum absolute atomic E-state index is 0.333. The van der Waals surface area contributed by atoms with Crippen LogP contribution in [0.1, 0.15) is 20.8 Å². The summed E-state index contributed by atoms with van der Waals surface area (Å²) in [6.07, 6.45) is 1.70. The predicted octanol–water partition coefficient (Wildman–Crippen LogP) is 3.79. The number of allylic oxidation sites excluding steroid dienone is 1. The molecule has 0 rings (SSSR count). The Kier molecular flexibility index (Phi) is 4.09. The SMILES string of the molecule is CC(C)(C)[Si](C)(C)C#C/C=C\Cl. The van der Waals surface area contributed by atoms with Crippen molar-refractivity contribution in [1.82, 2.24) is 0 Å². The van der Waals surface area contributed by atoms with E-state index in [1.165, 1.54) is 5.54 Å². The Hall–Kier alpha value is -0.193. The molecule has 2 heteroatoms. The van der Waals surface area contributed by atoms with Crippen LogP contribution in [0.3, 0.4) is 0 Å². The highest BCUT2D eigenvalue weighted by Crippen LogP contribution is 2.34. The normalized spacial score (nSPS) is 12.8. The van der Waals surface area contributed by atoms with Gasteiger partial charge in [-0.1, -0.05) is 51.4 Å². The fourth-order valence-corrected chi connectivity index (χ4v) is 1.32. The smallest absolute Gasteiger partial charge is 0.126 e. The summed E-state index contributed by atoms with van der Waals surface area (Å²) in [5, 5.41) is 0.333. The van der Waals surface area contributed by atoms with Gasteiger partial charge in [0.1, 0.15) is 8.07 Å². The fourth-order valence-electron chi connectivity index (χ4n) is 0.441. The van der Waals surface area contributed by atoms with Crippen LogP contribution in [0.25, 0.3) is 0 Å². The second-order valence-electron chi connectivity index (χ2n) is 4.44. The van der Waals surface area contributed by atoms with Gasteiger partial charge in [0, 0.05) is 5.54 Å². The molecule has 0 aromatic heterocycles. The van der Waals surface area contributed by atoms with Gasteiger partial charge < -0.3 is 0 Å². The Morgan fingerprint density at radius 2 is 1.75 bits per heavy atom. The Balaban J connectivity index is 4.57. The third-order valence-corrected chi connectivity index (χ3v) is 7.05. The van der Waals surface area contributed by atoms with Crippen molar-refractivity contribution in [2.45, 2.75) is 38.9 Å². The molecule has 0 aromatic rings. The van der Waals surface area contributed by atoms with Gasteiger partial charge in [0.05, 0.1) is 0 Å². The van der Waals surface area contributed by atoms with E-state index in [2.05, 4.69) is 45.3 Å². The molecule has 0 amide bonds. The number of hydrogen-bond donors (Lipinski definition) is 0. The van der Waals surface area contributed by atoms with Crippen LogP contribution in [0.5, 0.6) is 0 Å². The molecule has 0 bridgehead atoms. The lowest BCUT2D eigenvalue weighted by Crippen LogP contribution is -2.35. The highest BCUT2D eigenvalue weighted by Gasteiger charge is 2.33. The molecule has 0 fully saturated rings. The van der Waals surface area contributed by atoms with Crippen LogP contribution < -0.4 is 0 Å². The Morgan fingerprint density at radius 1 is 1.25 bits per heavy atom. The molecule has 0 saturated heterocycles. The van der Waals surface area contributed by atoms with Crippen molar-refractivity contribution < 1.29 is 0 Å². The van der Waals surface area contributed by atoms with E-state index in [0.717, 1.165) is 0 Å². The molecular formula is C10H17ClSi. The summed E-state index contributed by atoms with van der Waals surface area (Å²) >= 11 is 5.38. The summed E-state index contributed by atoms with van der Waals surface area (Å²) in [5.74, 6) is 2.98. The first-order chi connectivity index (χ1) is 5.31. The first kappa shape index (κ1) is 11.8. The lowest BCUT2D eigenvalue weighted by Gasteiger charge is -2.31. The van der Waals surface area contributed by atoms with Crippen LogP contribution >= 0.6 is 11.6 Å². The van der Waals surface area contributed by atoms with Gasteiger partial charge in [-0.15, -0.1) is 5.54 Å². The van der Waals surface area contributed by atoms with Gasteiger partial charge in [-0.05, 0) is 11.1 Å². The lowest BCUT2D eigenvalue weighted by molar-refractivity contribution is 0.731. The van der Waals surface area contributed by atoms with E-state index < -0.39 is 8.07 Å². The molecule has 0 aliphatic carbocycles. The molecule has 0 unspecified atom stereocenters. The number of halogens is 1. The summed E-state index contributed by atoms with van der Waals surface area (Å²) in [6, 6.07) is 0. The minimum atomic E-state index is -1.41. The van der Waals surface area contributed by atoms with E-state index >= 15 is 0 Å². The molecule has 0 aromatic carbocycles. The maximum absolute atomic E-state index is 5.38. The quantitative estimate of drug-likeness (QED) is 0.412. The molecule has 12 heavy (non-hydrogen) atoms. The van der Waals surface area contributed by atoms with Crippen LogP contribution in [0.2, 0.25) is 18.1 Å². The summed E-state index contributed by atoms with van der Waals surface area (Å²) in [5.41, 5.74) is 4.78. The highest BCUT2D eigenvalue weighted by atomic mass is 35.5. The highest BCUT2D eigenvalue weighted by molar-refractivity contribution is 6.87. The van der Waals surface area contributed by atoms with E-state index in [4.69, 9.17) is 11.6 Å². The van der Waals surface area contributed by atoms with Gasteiger partial charge in [0.25, 0.3) is 0 Å². The molecule has 0 N–H and O–H groups in total. The van der Waals surface area contributed by atoms with E-state index in [1.807, 2.05) is 0 Å². The van der Waals surface area contributed by atoms with Gasteiger partial charge in [-0.2, -0.15) is 0 Å². The molecule has 0 heterocycles. The molecular weight excluding hydrogens is 184 g/mol. The Morgan fingerprint density at radius 3 is 2.08 bits per heavy atom. The fraction of sp³-hybridized carbons (Fsp3) is 0.600. The largest absolute Gasteiger partial charge is 0.138 e. The maximum Gasteiger partial charge on any atom is 0.138 e. The molecule has 0 aliphatic rings. The zero-order valence-corrected chi connectivity index (χ0v) is 10.3.